The maximum atomic E-state index is 12.1. The number of nitrogens with zero attached hydrogens (tertiary/aromatic N) is 2. The molecule has 1 atom stereocenters. The van der Waals surface area contributed by atoms with Gasteiger partial charge in [0.05, 0.1) is 6.10 Å². The number of aromatic nitrogens is 1. The molecule has 1 aromatic heterocycles. The SMILES string of the molecule is CC(O)c1ccc(NC(=O)N(C)c2ccncc2)cc1. The van der Waals surface area contributed by atoms with Crippen LogP contribution in [0, 0.1) is 0 Å². The van der Waals surface area contributed by atoms with E-state index >= 15 is 0 Å². The normalized spacial score (nSPS) is 11.8. The number of aliphatic hydroxyl groups is 1. The van der Waals surface area contributed by atoms with Crippen LogP contribution >= 0.6 is 0 Å². The number of anilines is 2. The topological polar surface area (TPSA) is 65.5 Å². The van der Waals surface area contributed by atoms with Crippen LogP contribution in [-0.4, -0.2) is 23.2 Å². The number of pyridine rings is 1. The number of carbonyl (C=O) groups is 1. The minimum atomic E-state index is -0.515. The van der Waals surface area contributed by atoms with Gasteiger partial charge in [0.15, 0.2) is 0 Å². The quantitative estimate of drug-likeness (QED) is 0.902. The number of hydrogen-bond donors (Lipinski definition) is 2. The fraction of sp³-hybridized carbons (Fsp3) is 0.200. The van der Waals surface area contributed by atoms with Gasteiger partial charge in [-0.3, -0.25) is 9.88 Å². The van der Waals surface area contributed by atoms with Gasteiger partial charge in [0, 0.05) is 30.8 Å². The van der Waals surface area contributed by atoms with Gasteiger partial charge in [0.2, 0.25) is 0 Å². The zero-order chi connectivity index (χ0) is 14.5. The monoisotopic (exact) mass is 271 g/mol. The summed E-state index contributed by atoms with van der Waals surface area (Å²) in [5, 5.41) is 12.2. The molecule has 0 saturated heterocycles. The molecule has 0 aliphatic heterocycles. The van der Waals surface area contributed by atoms with Crippen molar-refractivity contribution in [2.24, 2.45) is 0 Å². The third-order valence-electron chi connectivity index (χ3n) is 3.00. The van der Waals surface area contributed by atoms with Crippen LogP contribution < -0.4 is 10.2 Å². The molecule has 20 heavy (non-hydrogen) atoms. The first-order valence-corrected chi connectivity index (χ1v) is 6.30. The van der Waals surface area contributed by atoms with Gasteiger partial charge in [-0.15, -0.1) is 0 Å². The number of amides is 2. The molecule has 2 amide bonds. The van der Waals surface area contributed by atoms with E-state index in [2.05, 4.69) is 10.3 Å². The summed E-state index contributed by atoms with van der Waals surface area (Å²) in [5.41, 5.74) is 2.25. The fourth-order valence-electron chi connectivity index (χ4n) is 1.74. The first kappa shape index (κ1) is 14.0. The molecule has 0 aliphatic carbocycles. The van der Waals surface area contributed by atoms with Crippen molar-refractivity contribution in [2.75, 3.05) is 17.3 Å². The van der Waals surface area contributed by atoms with Crippen LogP contribution in [0.1, 0.15) is 18.6 Å². The molecule has 2 N–H and O–H groups in total. The van der Waals surface area contributed by atoms with Crippen molar-refractivity contribution in [1.82, 2.24) is 4.98 Å². The van der Waals surface area contributed by atoms with E-state index in [4.69, 9.17) is 0 Å². The lowest BCUT2D eigenvalue weighted by Crippen LogP contribution is -2.31. The van der Waals surface area contributed by atoms with Crippen molar-refractivity contribution in [3.05, 3.63) is 54.4 Å². The Bertz CT molecular complexity index is 567. The maximum absolute atomic E-state index is 12.1. The molecule has 1 aromatic carbocycles. The van der Waals surface area contributed by atoms with Crippen molar-refractivity contribution in [3.63, 3.8) is 0 Å². The Kier molecular flexibility index (Phi) is 4.32. The number of aliphatic hydroxyl groups excluding tert-OH is 1. The lowest BCUT2D eigenvalue weighted by atomic mass is 10.1. The summed E-state index contributed by atoms with van der Waals surface area (Å²) in [7, 11) is 1.69. The van der Waals surface area contributed by atoms with Crippen molar-refractivity contribution < 1.29 is 9.90 Å². The zero-order valence-electron chi connectivity index (χ0n) is 11.4. The summed E-state index contributed by atoms with van der Waals surface area (Å²) >= 11 is 0. The number of hydrogen-bond acceptors (Lipinski definition) is 3. The summed E-state index contributed by atoms with van der Waals surface area (Å²) in [4.78, 5) is 17.5. The van der Waals surface area contributed by atoms with Crippen LogP contribution in [0.2, 0.25) is 0 Å². The highest BCUT2D eigenvalue weighted by atomic mass is 16.3. The number of carbonyl (C=O) groups excluding carboxylic acids is 1. The highest BCUT2D eigenvalue weighted by Gasteiger charge is 2.10. The van der Waals surface area contributed by atoms with Crippen molar-refractivity contribution in [1.29, 1.82) is 0 Å². The third-order valence-corrected chi connectivity index (χ3v) is 3.00. The lowest BCUT2D eigenvalue weighted by Gasteiger charge is -2.18. The Morgan fingerprint density at radius 3 is 2.35 bits per heavy atom. The van der Waals surface area contributed by atoms with Gasteiger partial charge in [0.1, 0.15) is 0 Å². The molecule has 1 heterocycles. The molecule has 2 aromatic rings. The van der Waals surface area contributed by atoms with Crippen LogP contribution in [-0.2, 0) is 0 Å². The summed E-state index contributed by atoms with van der Waals surface area (Å²) in [5.74, 6) is 0. The molecule has 0 saturated carbocycles. The molecule has 0 spiro atoms. The van der Waals surface area contributed by atoms with Crippen LogP contribution in [0.4, 0.5) is 16.2 Å². The van der Waals surface area contributed by atoms with Gasteiger partial charge in [0.25, 0.3) is 0 Å². The molecular weight excluding hydrogens is 254 g/mol. The summed E-state index contributed by atoms with van der Waals surface area (Å²) in [6.45, 7) is 1.70. The predicted molar refractivity (Wildman–Crippen MR) is 78.7 cm³/mol. The second kappa shape index (κ2) is 6.16. The molecule has 0 fully saturated rings. The Morgan fingerprint density at radius 2 is 1.80 bits per heavy atom. The molecule has 0 aliphatic rings. The second-order valence-electron chi connectivity index (χ2n) is 4.49. The van der Waals surface area contributed by atoms with E-state index in [0.717, 1.165) is 11.3 Å². The molecule has 1 unspecified atom stereocenters. The fourth-order valence-corrected chi connectivity index (χ4v) is 1.74. The minimum Gasteiger partial charge on any atom is -0.389 e. The standard InChI is InChI=1S/C15H17N3O2/c1-11(19)12-3-5-13(6-4-12)17-15(20)18(2)14-7-9-16-10-8-14/h3-11,19H,1-2H3,(H,17,20). The van der Waals surface area contributed by atoms with Gasteiger partial charge in [-0.1, -0.05) is 12.1 Å². The van der Waals surface area contributed by atoms with E-state index in [1.54, 1.807) is 62.8 Å². The predicted octanol–water partition coefficient (Wildman–Crippen LogP) is 2.80. The van der Waals surface area contributed by atoms with E-state index in [0.29, 0.717) is 5.69 Å². The van der Waals surface area contributed by atoms with Gasteiger partial charge in [-0.05, 0) is 36.8 Å². The van der Waals surface area contributed by atoms with Gasteiger partial charge < -0.3 is 10.4 Å². The second-order valence-corrected chi connectivity index (χ2v) is 4.49. The summed E-state index contributed by atoms with van der Waals surface area (Å²) < 4.78 is 0. The van der Waals surface area contributed by atoms with Crippen LogP contribution in [0.5, 0.6) is 0 Å². The largest absolute Gasteiger partial charge is 0.389 e. The molecule has 0 radical (unpaired) electrons. The van der Waals surface area contributed by atoms with Crippen LogP contribution in [0.15, 0.2) is 48.8 Å². The zero-order valence-corrected chi connectivity index (χ0v) is 11.4. The van der Waals surface area contributed by atoms with Gasteiger partial charge >= 0.3 is 6.03 Å². The average Bonchev–Trinajstić information content (AvgIpc) is 2.48. The average molecular weight is 271 g/mol. The minimum absolute atomic E-state index is 0.235. The Balaban J connectivity index is 2.04. The van der Waals surface area contributed by atoms with Crippen LogP contribution in [0.3, 0.4) is 0 Å². The van der Waals surface area contributed by atoms with Crippen molar-refractivity contribution in [2.45, 2.75) is 13.0 Å². The van der Waals surface area contributed by atoms with E-state index in [1.165, 1.54) is 4.90 Å². The van der Waals surface area contributed by atoms with E-state index in [9.17, 15) is 9.90 Å². The number of urea groups is 1. The molecule has 5 heteroatoms. The Morgan fingerprint density at radius 1 is 1.20 bits per heavy atom. The number of rotatable bonds is 3. The van der Waals surface area contributed by atoms with E-state index in [1.807, 2.05) is 0 Å². The molecule has 104 valence electrons. The lowest BCUT2D eigenvalue weighted by molar-refractivity contribution is 0.199. The van der Waals surface area contributed by atoms with E-state index < -0.39 is 6.10 Å². The number of benzene rings is 1. The molecule has 5 nitrogen and oxygen atoms in total. The highest BCUT2D eigenvalue weighted by molar-refractivity contribution is 6.01. The highest BCUT2D eigenvalue weighted by Crippen LogP contribution is 2.17. The van der Waals surface area contributed by atoms with Gasteiger partial charge in [-0.2, -0.15) is 0 Å². The van der Waals surface area contributed by atoms with Crippen molar-refractivity contribution in [3.8, 4) is 0 Å². The molecule has 0 bridgehead atoms. The summed E-state index contributed by atoms with van der Waals surface area (Å²) in [6, 6.07) is 10.4. The molecule has 2 rings (SSSR count). The Hall–Kier alpha value is -2.40. The molecular formula is C15H17N3O2. The van der Waals surface area contributed by atoms with Gasteiger partial charge in [-0.25, -0.2) is 4.79 Å². The first-order valence-electron chi connectivity index (χ1n) is 6.30. The third kappa shape index (κ3) is 3.33. The van der Waals surface area contributed by atoms with E-state index in [-0.39, 0.29) is 6.03 Å². The smallest absolute Gasteiger partial charge is 0.326 e. The van der Waals surface area contributed by atoms with Crippen molar-refractivity contribution >= 4 is 17.4 Å². The summed E-state index contributed by atoms with van der Waals surface area (Å²) in [6.07, 6.45) is 2.76. The number of nitrogens with one attached hydrogen (secondary N) is 1. The van der Waals surface area contributed by atoms with Crippen LogP contribution in [0.25, 0.3) is 0 Å². The maximum Gasteiger partial charge on any atom is 0.326 e. The first-order chi connectivity index (χ1) is 9.58. The Labute approximate surface area is 117 Å².